The van der Waals surface area contributed by atoms with Crippen LogP contribution in [-0.2, 0) is 6.54 Å². The zero-order valence-corrected chi connectivity index (χ0v) is 10.8. The Kier molecular flexibility index (Phi) is 4.39. The highest BCUT2D eigenvalue weighted by molar-refractivity contribution is 5.96. The van der Waals surface area contributed by atoms with Crippen LogP contribution in [0, 0.1) is 0 Å². The fourth-order valence-corrected chi connectivity index (χ4v) is 1.74. The van der Waals surface area contributed by atoms with E-state index in [-0.39, 0.29) is 17.0 Å². The lowest BCUT2D eigenvalue weighted by Crippen LogP contribution is -2.30. The Hall–Kier alpha value is -2.76. The summed E-state index contributed by atoms with van der Waals surface area (Å²) in [6, 6.07) is 12.5. The fourth-order valence-electron chi connectivity index (χ4n) is 1.74. The van der Waals surface area contributed by atoms with E-state index in [0.717, 1.165) is 5.75 Å². The van der Waals surface area contributed by atoms with Gasteiger partial charge in [0.2, 0.25) is 0 Å². The second kappa shape index (κ2) is 6.42. The summed E-state index contributed by atoms with van der Waals surface area (Å²) in [5.41, 5.74) is 5.28. The summed E-state index contributed by atoms with van der Waals surface area (Å²) in [5.74, 6) is 0.543. The number of nitrogens with zero attached hydrogens (tertiary/aromatic N) is 2. The minimum Gasteiger partial charge on any atom is -0.492 e. The van der Waals surface area contributed by atoms with Gasteiger partial charge in [0.1, 0.15) is 12.4 Å². The van der Waals surface area contributed by atoms with Crippen molar-refractivity contribution in [2.45, 2.75) is 6.54 Å². The van der Waals surface area contributed by atoms with Crippen molar-refractivity contribution >= 4 is 5.84 Å². The minimum absolute atomic E-state index is 0.162. The maximum absolute atomic E-state index is 12.0. The van der Waals surface area contributed by atoms with E-state index in [4.69, 9.17) is 15.7 Å². The summed E-state index contributed by atoms with van der Waals surface area (Å²) in [5, 5.41) is 11.5. The smallest absolute Gasteiger partial charge is 0.261 e. The molecule has 1 heterocycles. The van der Waals surface area contributed by atoms with E-state index >= 15 is 0 Å². The second-order valence-electron chi connectivity index (χ2n) is 4.07. The molecule has 0 spiro atoms. The van der Waals surface area contributed by atoms with Gasteiger partial charge in [-0.1, -0.05) is 23.4 Å². The number of aromatic nitrogens is 1. The number of nitrogens with two attached hydrogens (primary N) is 1. The summed E-state index contributed by atoms with van der Waals surface area (Å²) in [4.78, 5) is 12.0. The van der Waals surface area contributed by atoms with E-state index in [1.807, 2.05) is 30.3 Å². The van der Waals surface area contributed by atoms with Gasteiger partial charge in [-0.2, -0.15) is 0 Å². The third-order valence-electron chi connectivity index (χ3n) is 2.75. The van der Waals surface area contributed by atoms with Gasteiger partial charge in [-0.05, 0) is 24.3 Å². The van der Waals surface area contributed by atoms with Crippen LogP contribution in [0.1, 0.15) is 5.56 Å². The Labute approximate surface area is 115 Å². The number of hydrogen-bond donors (Lipinski definition) is 2. The van der Waals surface area contributed by atoms with Gasteiger partial charge < -0.3 is 20.2 Å². The van der Waals surface area contributed by atoms with Gasteiger partial charge in [0, 0.05) is 6.20 Å². The van der Waals surface area contributed by atoms with Crippen LogP contribution in [0.15, 0.2) is 58.6 Å². The van der Waals surface area contributed by atoms with Crippen molar-refractivity contribution in [3.63, 3.8) is 0 Å². The number of oxime groups is 1. The van der Waals surface area contributed by atoms with Gasteiger partial charge in [-0.3, -0.25) is 4.79 Å². The maximum atomic E-state index is 12.0. The van der Waals surface area contributed by atoms with Gasteiger partial charge in [0.05, 0.1) is 12.1 Å². The van der Waals surface area contributed by atoms with Crippen LogP contribution in [0.4, 0.5) is 0 Å². The lowest BCUT2D eigenvalue weighted by Gasteiger charge is -2.09. The molecular weight excluding hydrogens is 258 g/mol. The molecule has 20 heavy (non-hydrogen) atoms. The summed E-state index contributed by atoms with van der Waals surface area (Å²) >= 11 is 0. The highest BCUT2D eigenvalue weighted by Gasteiger charge is 2.07. The molecule has 0 saturated carbocycles. The molecule has 104 valence electrons. The molecule has 0 aliphatic carbocycles. The highest BCUT2D eigenvalue weighted by Crippen LogP contribution is 2.07. The summed E-state index contributed by atoms with van der Waals surface area (Å²) in [6.07, 6.45) is 1.63. The van der Waals surface area contributed by atoms with Crippen molar-refractivity contribution < 1.29 is 9.94 Å². The molecular formula is C14H15N3O3. The van der Waals surface area contributed by atoms with Crippen LogP contribution < -0.4 is 16.0 Å². The van der Waals surface area contributed by atoms with Gasteiger partial charge in [0.15, 0.2) is 5.84 Å². The molecule has 0 radical (unpaired) electrons. The molecule has 3 N–H and O–H groups in total. The van der Waals surface area contributed by atoms with Crippen LogP contribution in [0.3, 0.4) is 0 Å². The number of amidine groups is 1. The lowest BCUT2D eigenvalue weighted by molar-refractivity contribution is 0.296. The number of hydrogen-bond acceptors (Lipinski definition) is 4. The van der Waals surface area contributed by atoms with Crippen molar-refractivity contribution in [1.29, 1.82) is 0 Å². The Morgan fingerprint density at radius 1 is 1.25 bits per heavy atom. The highest BCUT2D eigenvalue weighted by atomic mass is 16.5. The quantitative estimate of drug-likeness (QED) is 0.368. The predicted molar refractivity (Wildman–Crippen MR) is 75.1 cm³/mol. The predicted octanol–water partition coefficient (Wildman–Crippen LogP) is 1.02. The number of para-hydroxylation sites is 1. The van der Waals surface area contributed by atoms with E-state index < -0.39 is 0 Å². The number of ether oxygens (including phenoxy) is 1. The topological polar surface area (TPSA) is 89.8 Å². The molecule has 2 aromatic rings. The Morgan fingerprint density at radius 2 is 2.00 bits per heavy atom. The van der Waals surface area contributed by atoms with Crippen LogP contribution in [0.5, 0.6) is 5.75 Å². The molecule has 0 saturated heterocycles. The van der Waals surface area contributed by atoms with Crippen molar-refractivity contribution in [3.05, 3.63) is 64.6 Å². The van der Waals surface area contributed by atoms with Crippen LogP contribution in [0.2, 0.25) is 0 Å². The zero-order valence-electron chi connectivity index (χ0n) is 10.8. The Bertz CT molecular complexity index is 650. The fraction of sp³-hybridized carbons (Fsp3) is 0.143. The molecule has 0 amide bonds. The Morgan fingerprint density at radius 3 is 2.70 bits per heavy atom. The molecule has 1 aromatic heterocycles. The molecule has 0 bridgehead atoms. The molecule has 0 atom stereocenters. The normalized spacial score (nSPS) is 11.3. The first-order valence-electron chi connectivity index (χ1n) is 6.07. The number of benzene rings is 1. The molecule has 6 heteroatoms. The maximum Gasteiger partial charge on any atom is 0.261 e. The van der Waals surface area contributed by atoms with E-state index in [1.165, 1.54) is 10.6 Å². The van der Waals surface area contributed by atoms with E-state index in [0.29, 0.717) is 13.2 Å². The van der Waals surface area contributed by atoms with Gasteiger partial charge >= 0.3 is 0 Å². The monoisotopic (exact) mass is 273 g/mol. The molecule has 0 unspecified atom stereocenters. The van der Waals surface area contributed by atoms with E-state index in [1.54, 1.807) is 12.3 Å². The van der Waals surface area contributed by atoms with E-state index in [9.17, 15) is 4.79 Å². The molecule has 6 nitrogen and oxygen atoms in total. The van der Waals surface area contributed by atoms with Crippen LogP contribution in [-0.4, -0.2) is 22.2 Å². The zero-order chi connectivity index (χ0) is 14.4. The van der Waals surface area contributed by atoms with E-state index in [2.05, 4.69) is 5.16 Å². The summed E-state index contributed by atoms with van der Waals surface area (Å²) in [6.45, 7) is 0.726. The molecule has 2 rings (SSSR count). The van der Waals surface area contributed by atoms with Gasteiger partial charge in [0.25, 0.3) is 5.56 Å². The third-order valence-corrected chi connectivity index (χ3v) is 2.75. The Balaban J connectivity index is 2.05. The largest absolute Gasteiger partial charge is 0.492 e. The molecule has 0 aliphatic heterocycles. The van der Waals surface area contributed by atoms with Crippen molar-refractivity contribution in [1.82, 2.24) is 4.57 Å². The molecule has 0 fully saturated rings. The molecule has 1 aromatic carbocycles. The average molecular weight is 273 g/mol. The summed E-state index contributed by atoms with van der Waals surface area (Å²) < 4.78 is 6.98. The van der Waals surface area contributed by atoms with Crippen LogP contribution in [0.25, 0.3) is 0 Å². The van der Waals surface area contributed by atoms with Crippen molar-refractivity contribution in [3.8, 4) is 5.75 Å². The standard InChI is InChI=1S/C14H15N3O3/c15-13(16-19)12-7-4-8-17(14(12)18)9-10-20-11-5-2-1-3-6-11/h1-8,19H,9-10H2,(H2,15,16). The number of pyridine rings is 1. The second-order valence-corrected chi connectivity index (χ2v) is 4.07. The van der Waals surface area contributed by atoms with Crippen molar-refractivity contribution in [2.75, 3.05) is 6.61 Å². The third kappa shape index (κ3) is 3.17. The van der Waals surface area contributed by atoms with Gasteiger partial charge in [-0.25, -0.2) is 0 Å². The average Bonchev–Trinajstić information content (AvgIpc) is 2.49. The van der Waals surface area contributed by atoms with Crippen molar-refractivity contribution in [2.24, 2.45) is 10.9 Å². The summed E-state index contributed by atoms with van der Waals surface area (Å²) in [7, 11) is 0. The van der Waals surface area contributed by atoms with Crippen LogP contribution >= 0.6 is 0 Å². The minimum atomic E-state index is -0.320. The first kappa shape index (κ1) is 13.7. The van der Waals surface area contributed by atoms with Gasteiger partial charge in [-0.15, -0.1) is 0 Å². The SMILES string of the molecule is N/C(=N/O)c1cccn(CCOc2ccccc2)c1=O. The number of rotatable bonds is 5. The first-order chi connectivity index (χ1) is 9.72. The molecule has 0 aliphatic rings. The lowest BCUT2D eigenvalue weighted by atomic mass is 10.2. The first-order valence-corrected chi connectivity index (χ1v) is 6.07.